The van der Waals surface area contributed by atoms with Crippen LogP contribution in [0, 0.1) is 5.41 Å². The molecular weight excluding hydrogens is 360 g/mol. The Bertz CT molecular complexity index is 906. The fourth-order valence-electron chi connectivity index (χ4n) is 3.22. The molecule has 0 bridgehead atoms. The third kappa shape index (κ3) is 3.56. The van der Waals surface area contributed by atoms with Gasteiger partial charge in [0.2, 0.25) is 10.0 Å². The van der Waals surface area contributed by atoms with Crippen LogP contribution < -0.4 is 10.5 Å². The van der Waals surface area contributed by atoms with Crippen molar-refractivity contribution in [2.45, 2.75) is 30.7 Å². The number of carbonyl (C=O) groups is 1. The number of hydrogen-bond acceptors (Lipinski definition) is 3. The summed E-state index contributed by atoms with van der Waals surface area (Å²) in [5.41, 5.74) is 1.40. The molecule has 2 aromatic carbocycles. The van der Waals surface area contributed by atoms with Crippen LogP contribution in [0.1, 0.15) is 35.7 Å². The number of rotatable bonds is 4. The highest BCUT2D eigenvalue weighted by molar-refractivity contribution is 7.89. The van der Waals surface area contributed by atoms with E-state index in [-0.39, 0.29) is 28.2 Å². The van der Waals surface area contributed by atoms with Gasteiger partial charge in [-0.3, -0.25) is 4.79 Å². The van der Waals surface area contributed by atoms with Crippen molar-refractivity contribution in [3.63, 3.8) is 0 Å². The van der Waals surface area contributed by atoms with Gasteiger partial charge < -0.3 is 5.32 Å². The summed E-state index contributed by atoms with van der Waals surface area (Å²) in [5, 5.41) is 8.75. The smallest absolute Gasteiger partial charge is 0.251 e. The minimum Gasteiger partial charge on any atom is -0.348 e. The first-order valence-electron chi connectivity index (χ1n) is 7.80. The van der Waals surface area contributed by atoms with E-state index in [4.69, 9.17) is 16.7 Å². The Balaban J connectivity index is 1.76. The molecule has 2 aromatic rings. The van der Waals surface area contributed by atoms with Crippen molar-refractivity contribution in [2.24, 2.45) is 10.6 Å². The van der Waals surface area contributed by atoms with E-state index in [1.165, 1.54) is 12.1 Å². The molecule has 132 valence electrons. The second kappa shape index (κ2) is 6.12. The SMILES string of the molecule is CC1(C)[C@H](NC(=O)c2ccc(Cl)cc2)[C@H]1c1ccc(S(N)(=O)=O)cc1. The van der Waals surface area contributed by atoms with Gasteiger partial charge in [-0.1, -0.05) is 37.6 Å². The number of sulfonamides is 1. The first-order valence-corrected chi connectivity index (χ1v) is 9.72. The Kier molecular flexibility index (Phi) is 4.39. The lowest BCUT2D eigenvalue weighted by molar-refractivity contribution is 0.0946. The molecule has 1 aliphatic carbocycles. The van der Waals surface area contributed by atoms with Crippen molar-refractivity contribution in [2.75, 3.05) is 0 Å². The fourth-order valence-corrected chi connectivity index (χ4v) is 3.86. The fraction of sp³-hybridized carbons (Fsp3) is 0.278. The largest absolute Gasteiger partial charge is 0.348 e. The Morgan fingerprint density at radius 3 is 2.16 bits per heavy atom. The van der Waals surface area contributed by atoms with Crippen LogP contribution in [0.5, 0.6) is 0 Å². The number of primary sulfonamides is 1. The lowest BCUT2D eigenvalue weighted by Crippen LogP contribution is -2.28. The maximum Gasteiger partial charge on any atom is 0.251 e. The number of benzene rings is 2. The van der Waals surface area contributed by atoms with Gasteiger partial charge >= 0.3 is 0 Å². The van der Waals surface area contributed by atoms with Crippen molar-refractivity contribution in [3.05, 3.63) is 64.7 Å². The maximum atomic E-state index is 12.4. The highest BCUT2D eigenvalue weighted by Crippen LogP contribution is 2.58. The molecule has 0 aromatic heterocycles. The van der Waals surface area contributed by atoms with Crippen molar-refractivity contribution in [1.29, 1.82) is 0 Å². The summed E-state index contributed by atoms with van der Waals surface area (Å²) in [5.74, 6) is -0.0447. The van der Waals surface area contributed by atoms with Crippen molar-refractivity contribution < 1.29 is 13.2 Å². The molecule has 0 heterocycles. The molecule has 2 atom stereocenters. The molecule has 0 aliphatic heterocycles. The number of hydrogen-bond donors (Lipinski definition) is 2. The highest BCUT2D eigenvalue weighted by Gasteiger charge is 2.59. The molecular formula is C18H19ClN2O3S. The van der Waals surface area contributed by atoms with Crippen molar-refractivity contribution >= 4 is 27.5 Å². The van der Waals surface area contributed by atoms with Crippen molar-refractivity contribution in [1.82, 2.24) is 5.32 Å². The highest BCUT2D eigenvalue weighted by atomic mass is 35.5. The summed E-state index contributed by atoms with van der Waals surface area (Å²) < 4.78 is 22.7. The van der Waals surface area contributed by atoms with Gasteiger partial charge in [-0.2, -0.15) is 0 Å². The Hall–Kier alpha value is -1.89. The van der Waals surface area contributed by atoms with Gasteiger partial charge in [-0.15, -0.1) is 0 Å². The molecule has 7 heteroatoms. The van der Waals surface area contributed by atoms with Gasteiger partial charge in [0.05, 0.1) is 4.90 Å². The molecule has 0 radical (unpaired) electrons. The monoisotopic (exact) mass is 378 g/mol. The van der Waals surface area contributed by atoms with E-state index in [1.807, 2.05) is 0 Å². The lowest BCUT2D eigenvalue weighted by Gasteiger charge is -2.06. The Morgan fingerprint density at radius 2 is 1.64 bits per heavy atom. The average molecular weight is 379 g/mol. The normalized spacial score (nSPS) is 21.6. The molecule has 3 N–H and O–H groups in total. The molecule has 0 spiro atoms. The predicted octanol–water partition coefficient (Wildman–Crippen LogP) is 2.91. The van der Waals surface area contributed by atoms with Crippen molar-refractivity contribution in [3.8, 4) is 0 Å². The summed E-state index contributed by atoms with van der Waals surface area (Å²) in [6.07, 6.45) is 0. The zero-order valence-electron chi connectivity index (χ0n) is 13.9. The van der Waals surface area contributed by atoms with Gasteiger partial charge in [0.15, 0.2) is 0 Å². The van der Waals surface area contributed by atoms with E-state index in [0.29, 0.717) is 10.6 Å². The van der Waals surface area contributed by atoms with Gasteiger partial charge in [-0.25, -0.2) is 13.6 Å². The number of nitrogens with two attached hydrogens (primary N) is 1. The van der Waals surface area contributed by atoms with Crippen LogP contribution >= 0.6 is 11.6 Å². The van der Waals surface area contributed by atoms with Crippen LogP contribution in [-0.2, 0) is 10.0 Å². The van der Waals surface area contributed by atoms with E-state index in [2.05, 4.69) is 19.2 Å². The van der Waals surface area contributed by atoms with E-state index >= 15 is 0 Å². The first-order chi connectivity index (χ1) is 11.6. The molecule has 1 amide bonds. The zero-order chi connectivity index (χ0) is 18.4. The topological polar surface area (TPSA) is 89.3 Å². The summed E-state index contributed by atoms with van der Waals surface area (Å²) in [4.78, 5) is 12.5. The van der Waals surface area contributed by atoms with E-state index in [1.54, 1.807) is 36.4 Å². The van der Waals surface area contributed by atoms with Crippen LogP contribution in [0.15, 0.2) is 53.4 Å². The average Bonchev–Trinajstić information content (AvgIpc) is 3.07. The second-order valence-electron chi connectivity index (χ2n) is 6.87. The molecule has 3 rings (SSSR count). The van der Waals surface area contributed by atoms with Gasteiger partial charge in [0.1, 0.15) is 0 Å². The third-order valence-electron chi connectivity index (χ3n) is 4.79. The summed E-state index contributed by atoms with van der Waals surface area (Å²) in [6.45, 7) is 4.14. The summed E-state index contributed by atoms with van der Waals surface area (Å²) in [6, 6.07) is 13.2. The van der Waals surface area contributed by atoms with Crippen LogP contribution in [-0.4, -0.2) is 20.4 Å². The minimum absolute atomic E-state index is 0.0315. The molecule has 5 nitrogen and oxygen atoms in total. The standard InChI is InChI=1S/C18H19ClN2O3S/c1-18(2)15(11-5-9-14(10-6-11)25(20,23)24)16(18)21-17(22)12-3-7-13(19)8-4-12/h3-10,15-16H,1-2H3,(H,21,22)(H2,20,23,24)/t15-,16-/m1/s1. The lowest BCUT2D eigenvalue weighted by atomic mass is 10.0. The number of halogens is 1. The van der Waals surface area contributed by atoms with Crippen LogP contribution in [0.3, 0.4) is 0 Å². The summed E-state index contributed by atoms with van der Waals surface area (Å²) >= 11 is 5.84. The second-order valence-corrected chi connectivity index (χ2v) is 8.87. The quantitative estimate of drug-likeness (QED) is 0.857. The zero-order valence-corrected chi connectivity index (χ0v) is 15.4. The van der Waals surface area contributed by atoms with Gasteiger partial charge in [-0.05, 0) is 47.4 Å². The minimum atomic E-state index is -3.71. The molecule has 25 heavy (non-hydrogen) atoms. The number of nitrogens with one attached hydrogen (secondary N) is 1. The predicted molar refractivity (Wildman–Crippen MR) is 97.0 cm³/mol. The third-order valence-corrected chi connectivity index (χ3v) is 5.97. The molecule has 1 aliphatic rings. The Morgan fingerprint density at radius 1 is 1.08 bits per heavy atom. The molecule has 1 saturated carbocycles. The van der Waals surface area contributed by atoms with E-state index < -0.39 is 10.0 Å². The van der Waals surface area contributed by atoms with Crippen LogP contribution in [0.25, 0.3) is 0 Å². The Labute approximate surface area is 152 Å². The van der Waals surface area contributed by atoms with Gasteiger partial charge in [0, 0.05) is 22.5 Å². The van der Waals surface area contributed by atoms with Crippen LogP contribution in [0.4, 0.5) is 0 Å². The van der Waals surface area contributed by atoms with Crippen LogP contribution in [0.2, 0.25) is 5.02 Å². The molecule has 0 unspecified atom stereocenters. The summed E-state index contributed by atoms with van der Waals surface area (Å²) in [7, 11) is -3.71. The van der Waals surface area contributed by atoms with E-state index in [9.17, 15) is 13.2 Å². The maximum absolute atomic E-state index is 12.4. The number of amides is 1. The first kappa shape index (κ1) is 17.9. The van der Waals surface area contributed by atoms with Gasteiger partial charge in [0.25, 0.3) is 5.91 Å². The van der Waals surface area contributed by atoms with E-state index in [0.717, 1.165) is 5.56 Å². The number of carbonyl (C=O) groups excluding carboxylic acids is 1. The molecule has 0 saturated heterocycles. The molecule has 1 fully saturated rings.